The van der Waals surface area contributed by atoms with Gasteiger partial charge in [0.2, 0.25) is 11.8 Å². The highest BCUT2D eigenvalue weighted by molar-refractivity contribution is 6.31. The van der Waals surface area contributed by atoms with Crippen LogP contribution in [-0.4, -0.2) is 21.6 Å². The van der Waals surface area contributed by atoms with E-state index in [1.807, 2.05) is 6.92 Å². The van der Waals surface area contributed by atoms with Gasteiger partial charge in [-0.15, -0.1) is 0 Å². The molecule has 28 heavy (non-hydrogen) atoms. The van der Waals surface area contributed by atoms with Crippen molar-refractivity contribution in [3.8, 4) is 0 Å². The van der Waals surface area contributed by atoms with Gasteiger partial charge in [0.05, 0.1) is 5.69 Å². The molecule has 1 aliphatic carbocycles. The topological polar surface area (TPSA) is 76.0 Å². The number of rotatable bonds is 7. The van der Waals surface area contributed by atoms with Crippen molar-refractivity contribution in [1.82, 2.24) is 9.78 Å². The van der Waals surface area contributed by atoms with Crippen LogP contribution in [0.4, 0.5) is 11.4 Å². The first kappa shape index (κ1) is 20.1. The molecule has 0 atom stereocenters. The van der Waals surface area contributed by atoms with E-state index in [-0.39, 0.29) is 17.7 Å². The smallest absolute Gasteiger partial charge is 0.248 e. The molecule has 148 valence electrons. The van der Waals surface area contributed by atoms with Crippen LogP contribution in [0.25, 0.3) is 6.08 Å². The monoisotopic (exact) mass is 400 g/mol. The molecule has 3 rings (SSSR count). The highest BCUT2D eigenvalue weighted by Crippen LogP contribution is 2.30. The number of amides is 2. The first-order valence-electron chi connectivity index (χ1n) is 9.46. The van der Waals surface area contributed by atoms with Crippen molar-refractivity contribution in [3.63, 3.8) is 0 Å². The zero-order valence-electron chi connectivity index (χ0n) is 16.3. The molecular weight excluding hydrogens is 376 g/mol. The van der Waals surface area contributed by atoms with Gasteiger partial charge in [0, 0.05) is 35.5 Å². The van der Waals surface area contributed by atoms with Crippen LogP contribution in [0, 0.1) is 18.8 Å². The standard InChI is InChI=1S/C21H25ClN4O2/c1-13(2)12-26-20(22)18(14(3)25-26)9-10-19(27)23-16-5-4-6-17(11-16)24-21(28)15-7-8-15/h4-6,9-11,13,15H,7-8,12H2,1-3H3,(H,23,27)(H,24,28)/b10-9+. The fraction of sp³-hybridized carbons (Fsp3) is 0.381. The Hall–Kier alpha value is -2.60. The van der Waals surface area contributed by atoms with E-state index >= 15 is 0 Å². The maximum atomic E-state index is 12.3. The number of halogens is 1. The minimum Gasteiger partial charge on any atom is -0.326 e. The van der Waals surface area contributed by atoms with Crippen molar-refractivity contribution in [1.29, 1.82) is 0 Å². The molecule has 2 amide bonds. The third-order valence-electron chi connectivity index (χ3n) is 4.39. The molecule has 1 fully saturated rings. The summed E-state index contributed by atoms with van der Waals surface area (Å²) in [6.45, 7) is 6.78. The van der Waals surface area contributed by atoms with Gasteiger partial charge in [0.25, 0.3) is 0 Å². The zero-order chi connectivity index (χ0) is 20.3. The number of aromatic nitrogens is 2. The van der Waals surface area contributed by atoms with Gasteiger partial charge in [-0.1, -0.05) is 31.5 Å². The van der Waals surface area contributed by atoms with Crippen LogP contribution in [0.3, 0.4) is 0 Å². The van der Waals surface area contributed by atoms with Gasteiger partial charge >= 0.3 is 0 Å². The molecule has 1 aliphatic rings. The average Bonchev–Trinajstić information content (AvgIpc) is 3.42. The van der Waals surface area contributed by atoms with Gasteiger partial charge < -0.3 is 10.6 Å². The minimum absolute atomic E-state index is 0.0342. The molecule has 1 aromatic heterocycles. The maximum absolute atomic E-state index is 12.3. The van der Waals surface area contributed by atoms with E-state index in [1.165, 1.54) is 6.08 Å². The second-order valence-electron chi connectivity index (χ2n) is 7.53. The van der Waals surface area contributed by atoms with Gasteiger partial charge in [0.1, 0.15) is 5.15 Å². The number of carbonyl (C=O) groups excluding carboxylic acids is 2. The summed E-state index contributed by atoms with van der Waals surface area (Å²) in [6.07, 6.45) is 5.01. The molecule has 0 radical (unpaired) electrons. The van der Waals surface area contributed by atoms with E-state index < -0.39 is 0 Å². The van der Waals surface area contributed by atoms with Crippen LogP contribution in [0.5, 0.6) is 0 Å². The summed E-state index contributed by atoms with van der Waals surface area (Å²) in [5.41, 5.74) is 2.80. The molecule has 0 aliphatic heterocycles. The Balaban J connectivity index is 1.64. The molecule has 1 aromatic carbocycles. The molecule has 2 N–H and O–H groups in total. The molecule has 0 unspecified atom stereocenters. The number of nitrogens with one attached hydrogen (secondary N) is 2. The second-order valence-corrected chi connectivity index (χ2v) is 7.89. The number of aryl methyl sites for hydroxylation is 1. The van der Waals surface area contributed by atoms with Gasteiger partial charge in [0.15, 0.2) is 0 Å². The summed E-state index contributed by atoms with van der Waals surface area (Å²) >= 11 is 6.39. The molecule has 7 heteroatoms. The number of hydrogen-bond acceptors (Lipinski definition) is 3. The van der Waals surface area contributed by atoms with Crippen LogP contribution < -0.4 is 10.6 Å². The van der Waals surface area contributed by atoms with Crippen molar-refractivity contribution in [2.75, 3.05) is 10.6 Å². The SMILES string of the molecule is Cc1nn(CC(C)C)c(Cl)c1/C=C/C(=O)Nc1cccc(NC(=O)C2CC2)c1. The first-order chi connectivity index (χ1) is 13.3. The number of nitrogens with zero attached hydrogens (tertiary/aromatic N) is 2. The lowest BCUT2D eigenvalue weighted by Gasteiger charge is -2.07. The van der Waals surface area contributed by atoms with Crippen LogP contribution >= 0.6 is 11.6 Å². The van der Waals surface area contributed by atoms with E-state index in [1.54, 1.807) is 35.0 Å². The Labute approximate surface area is 170 Å². The molecule has 0 bridgehead atoms. The summed E-state index contributed by atoms with van der Waals surface area (Å²) in [4.78, 5) is 24.2. The Kier molecular flexibility index (Phi) is 6.19. The number of benzene rings is 1. The Bertz CT molecular complexity index is 913. The maximum Gasteiger partial charge on any atom is 0.248 e. The molecule has 2 aromatic rings. The first-order valence-corrected chi connectivity index (χ1v) is 9.84. The summed E-state index contributed by atoms with van der Waals surface area (Å²) in [5, 5.41) is 10.6. The fourth-order valence-electron chi connectivity index (χ4n) is 2.83. The largest absolute Gasteiger partial charge is 0.326 e. The molecule has 6 nitrogen and oxygen atoms in total. The lowest BCUT2D eigenvalue weighted by molar-refractivity contribution is -0.117. The van der Waals surface area contributed by atoms with Crippen LogP contribution in [-0.2, 0) is 16.1 Å². The second kappa shape index (κ2) is 8.61. The zero-order valence-corrected chi connectivity index (χ0v) is 17.1. The lowest BCUT2D eigenvalue weighted by Crippen LogP contribution is -2.14. The normalized spacial score (nSPS) is 13.9. The number of carbonyl (C=O) groups is 2. The van der Waals surface area contributed by atoms with Crippen molar-refractivity contribution in [3.05, 3.63) is 46.8 Å². The van der Waals surface area contributed by atoms with Crippen molar-refractivity contribution in [2.45, 2.75) is 40.2 Å². The third kappa shape index (κ3) is 5.23. The van der Waals surface area contributed by atoms with E-state index in [4.69, 9.17) is 11.6 Å². The number of hydrogen-bond donors (Lipinski definition) is 2. The van der Waals surface area contributed by atoms with Gasteiger partial charge in [-0.25, -0.2) is 0 Å². The summed E-state index contributed by atoms with van der Waals surface area (Å²) in [6, 6.07) is 7.11. The Morgan fingerprint density at radius 2 is 1.96 bits per heavy atom. The van der Waals surface area contributed by atoms with Crippen molar-refractivity contribution in [2.24, 2.45) is 11.8 Å². The van der Waals surface area contributed by atoms with Crippen LogP contribution in [0.15, 0.2) is 30.3 Å². The average molecular weight is 401 g/mol. The van der Waals surface area contributed by atoms with Crippen molar-refractivity contribution >= 4 is 40.9 Å². The van der Waals surface area contributed by atoms with Crippen LogP contribution in [0.2, 0.25) is 5.15 Å². The van der Waals surface area contributed by atoms with Gasteiger partial charge in [-0.3, -0.25) is 14.3 Å². The minimum atomic E-state index is -0.280. The van der Waals surface area contributed by atoms with E-state index in [0.717, 1.165) is 30.6 Å². The molecular formula is C21H25ClN4O2. The quantitative estimate of drug-likeness (QED) is 0.672. The molecule has 1 heterocycles. The van der Waals surface area contributed by atoms with E-state index in [2.05, 4.69) is 29.6 Å². The molecule has 0 spiro atoms. The Morgan fingerprint density at radius 3 is 2.61 bits per heavy atom. The fourth-order valence-corrected chi connectivity index (χ4v) is 3.14. The lowest BCUT2D eigenvalue weighted by atomic mass is 10.2. The Morgan fingerprint density at radius 1 is 1.29 bits per heavy atom. The number of anilines is 2. The van der Waals surface area contributed by atoms with Crippen LogP contribution in [0.1, 0.15) is 37.9 Å². The van der Waals surface area contributed by atoms with E-state index in [0.29, 0.717) is 22.4 Å². The predicted octanol–water partition coefficient (Wildman–Crippen LogP) is 4.50. The third-order valence-corrected chi connectivity index (χ3v) is 4.79. The summed E-state index contributed by atoms with van der Waals surface area (Å²) in [5.74, 6) is 0.306. The highest BCUT2D eigenvalue weighted by Gasteiger charge is 2.29. The van der Waals surface area contributed by atoms with E-state index in [9.17, 15) is 9.59 Å². The predicted molar refractivity (Wildman–Crippen MR) is 112 cm³/mol. The molecule has 1 saturated carbocycles. The van der Waals surface area contributed by atoms with Crippen molar-refractivity contribution < 1.29 is 9.59 Å². The van der Waals surface area contributed by atoms with Gasteiger partial charge in [-0.05, 0) is 50.0 Å². The molecule has 0 saturated heterocycles. The summed E-state index contributed by atoms with van der Waals surface area (Å²) in [7, 11) is 0. The van der Waals surface area contributed by atoms with Gasteiger partial charge in [-0.2, -0.15) is 5.10 Å². The summed E-state index contributed by atoms with van der Waals surface area (Å²) < 4.78 is 1.76. The highest BCUT2D eigenvalue weighted by atomic mass is 35.5.